The number of carbonyl (C=O) groups excluding carboxylic acids is 1. The number of nitrogens with zero attached hydrogens (tertiary/aromatic N) is 3. The van der Waals surface area contributed by atoms with Gasteiger partial charge in [0.1, 0.15) is 5.75 Å². The molecule has 0 saturated heterocycles. The zero-order valence-electron chi connectivity index (χ0n) is 15.6. The van der Waals surface area contributed by atoms with E-state index in [1.54, 1.807) is 19.4 Å². The summed E-state index contributed by atoms with van der Waals surface area (Å²) in [5.74, 6) is 0.543. The Morgan fingerprint density at radius 1 is 1.14 bits per heavy atom. The van der Waals surface area contributed by atoms with Gasteiger partial charge in [0.25, 0.3) is 5.91 Å². The fourth-order valence-corrected chi connectivity index (χ4v) is 4.98. The smallest absolute Gasteiger partial charge is 0.290 e. The Kier molecular flexibility index (Phi) is 5.75. The van der Waals surface area contributed by atoms with Crippen LogP contribution in [0.2, 0.25) is 0 Å². The number of ether oxygens (including phenoxy) is 1. The number of hydrogen-bond acceptors (Lipinski definition) is 6. The molecule has 0 saturated carbocycles. The Bertz CT molecular complexity index is 1200. The molecule has 0 spiro atoms. The molecule has 4 rings (SSSR count). The van der Waals surface area contributed by atoms with Gasteiger partial charge in [-0.1, -0.05) is 17.4 Å². The first kappa shape index (κ1) is 19.8. The molecule has 0 unspecified atom stereocenters. The van der Waals surface area contributed by atoms with Crippen molar-refractivity contribution in [3.63, 3.8) is 0 Å². The second kappa shape index (κ2) is 8.44. The van der Waals surface area contributed by atoms with Gasteiger partial charge in [-0.2, -0.15) is 10.1 Å². The third-order valence-corrected chi connectivity index (χ3v) is 6.73. The molecular formula is C21H16BrN3O2S2. The summed E-state index contributed by atoms with van der Waals surface area (Å²) in [6.45, 7) is 2.03. The van der Waals surface area contributed by atoms with E-state index in [0.29, 0.717) is 10.0 Å². The van der Waals surface area contributed by atoms with E-state index >= 15 is 0 Å². The summed E-state index contributed by atoms with van der Waals surface area (Å²) in [6, 6.07) is 17.1. The lowest BCUT2D eigenvalue weighted by Gasteiger charge is -2.12. The summed E-state index contributed by atoms with van der Waals surface area (Å²) in [7, 11) is 1.62. The molecular weight excluding hydrogens is 470 g/mol. The van der Waals surface area contributed by atoms with E-state index in [1.807, 2.05) is 49.4 Å². The second-order valence-electron chi connectivity index (χ2n) is 6.21. The van der Waals surface area contributed by atoms with Crippen molar-refractivity contribution < 1.29 is 9.53 Å². The highest BCUT2D eigenvalue weighted by atomic mass is 79.9. The molecule has 2 aromatic carbocycles. The molecule has 5 nitrogen and oxygen atoms in total. The summed E-state index contributed by atoms with van der Waals surface area (Å²) < 4.78 is 7.09. The number of aryl methyl sites for hydroxylation is 1. The molecule has 0 atom stereocenters. The number of carbonyl (C=O) groups is 1. The van der Waals surface area contributed by atoms with Crippen LogP contribution < -0.4 is 9.75 Å². The maximum Gasteiger partial charge on any atom is 0.290 e. The van der Waals surface area contributed by atoms with Crippen LogP contribution in [0.25, 0.3) is 10.2 Å². The van der Waals surface area contributed by atoms with Gasteiger partial charge < -0.3 is 4.74 Å². The Morgan fingerprint density at radius 2 is 1.93 bits per heavy atom. The standard InChI is InChI=1S/C21H16BrN3O2S2/c1-13-3-8-16-18(11-13)29-21(24-16)25(20(26)17-9-10-19(22)28-17)23-12-14-4-6-15(27-2)7-5-14/h3-12H,1-2H3/b23-12+. The van der Waals surface area contributed by atoms with E-state index in [4.69, 9.17) is 4.74 Å². The van der Waals surface area contributed by atoms with E-state index < -0.39 is 0 Å². The summed E-state index contributed by atoms with van der Waals surface area (Å²) >= 11 is 6.23. The van der Waals surface area contributed by atoms with Gasteiger partial charge in [0.05, 0.1) is 32.2 Å². The molecule has 4 aromatic rings. The van der Waals surface area contributed by atoms with E-state index in [-0.39, 0.29) is 5.91 Å². The maximum absolute atomic E-state index is 13.2. The maximum atomic E-state index is 13.2. The minimum Gasteiger partial charge on any atom is -0.497 e. The predicted octanol–water partition coefficient (Wildman–Crippen LogP) is 6.12. The highest BCUT2D eigenvalue weighted by Crippen LogP contribution is 2.32. The highest BCUT2D eigenvalue weighted by Gasteiger charge is 2.22. The zero-order chi connectivity index (χ0) is 20.4. The molecule has 0 aliphatic heterocycles. The van der Waals surface area contributed by atoms with E-state index in [1.165, 1.54) is 27.7 Å². The normalized spacial score (nSPS) is 11.3. The number of hydrazone groups is 1. The largest absolute Gasteiger partial charge is 0.497 e. The Morgan fingerprint density at radius 3 is 2.62 bits per heavy atom. The van der Waals surface area contributed by atoms with Crippen molar-refractivity contribution in [3.05, 3.63) is 74.4 Å². The number of thiazole rings is 1. The number of halogens is 1. The van der Waals surface area contributed by atoms with Crippen molar-refractivity contribution in [2.75, 3.05) is 12.1 Å². The first-order valence-electron chi connectivity index (χ1n) is 8.68. The Hall–Kier alpha value is -2.55. The monoisotopic (exact) mass is 485 g/mol. The zero-order valence-corrected chi connectivity index (χ0v) is 18.8. The molecule has 0 aliphatic carbocycles. The summed E-state index contributed by atoms with van der Waals surface area (Å²) in [6.07, 6.45) is 1.65. The van der Waals surface area contributed by atoms with Crippen LogP contribution in [0.5, 0.6) is 5.75 Å². The van der Waals surface area contributed by atoms with Gasteiger partial charge in [0, 0.05) is 0 Å². The first-order chi connectivity index (χ1) is 14.0. The number of hydrogen-bond donors (Lipinski definition) is 0. The van der Waals surface area contributed by atoms with Crippen LogP contribution in [0.3, 0.4) is 0 Å². The minimum atomic E-state index is -0.221. The minimum absolute atomic E-state index is 0.221. The van der Waals surface area contributed by atoms with Crippen LogP contribution in [0.1, 0.15) is 20.8 Å². The van der Waals surface area contributed by atoms with Crippen LogP contribution in [0.15, 0.2) is 63.5 Å². The number of methoxy groups -OCH3 is 1. The molecule has 0 N–H and O–H groups in total. The van der Waals surface area contributed by atoms with E-state index in [2.05, 4.69) is 32.1 Å². The first-order valence-corrected chi connectivity index (χ1v) is 11.1. The quantitative estimate of drug-likeness (QED) is 0.252. The Labute approximate surface area is 184 Å². The molecule has 0 fully saturated rings. The number of fused-ring (bicyclic) bond motifs is 1. The van der Waals surface area contributed by atoms with Crippen molar-refractivity contribution in [3.8, 4) is 5.75 Å². The topological polar surface area (TPSA) is 54.8 Å². The molecule has 0 radical (unpaired) electrons. The fraction of sp³-hybridized carbons (Fsp3) is 0.0952. The lowest BCUT2D eigenvalue weighted by Crippen LogP contribution is -2.24. The van der Waals surface area contributed by atoms with Crippen molar-refractivity contribution >= 4 is 66.1 Å². The summed E-state index contributed by atoms with van der Waals surface area (Å²) in [5, 5.41) is 6.38. The van der Waals surface area contributed by atoms with Gasteiger partial charge in [-0.3, -0.25) is 4.79 Å². The van der Waals surface area contributed by atoms with Gasteiger partial charge in [-0.15, -0.1) is 11.3 Å². The fourth-order valence-electron chi connectivity index (χ4n) is 2.65. The number of benzene rings is 2. The van der Waals surface area contributed by atoms with Crippen LogP contribution >= 0.6 is 38.6 Å². The molecule has 0 bridgehead atoms. The highest BCUT2D eigenvalue weighted by molar-refractivity contribution is 9.11. The number of thiophene rings is 1. The van der Waals surface area contributed by atoms with Crippen LogP contribution in [-0.4, -0.2) is 24.2 Å². The molecule has 2 heterocycles. The van der Waals surface area contributed by atoms with Crippen LogP contribution in [0.4, 0.5) is 5.13 Å². The average Bonchev–Trinajstić information content (AvgIpc) is 3.34. The van der Waals surface area contributed by atoms with Gasteiger partial charge in [-0.25, -0.2) is 4.98 Å². The molecule has 2 aromatic heterocycles. The van der Waals surface area contributed by atoms with E-state index in [0.717, 1.165) is 30.9 Å². The van der Waals surface area contributed by atoms with Crippen molar-refractivity contribution in [1.29, 1.82) is 0 Å². The number of amides is 1. The van der Waals surface area contributed by atoms with E-state index in [9.17, 15) is 4.79 Å². The van der Waals surface area contributed by atoms with Gasteiger partial charge in [-0.05, 0) is 82.5 Å². The number of aromatic nitrogens is 1. The number of rotatable bonds is 5. The van der Waals surface area contributed by atoms with Crippen LogP contribution in [0, 0.1) is 6.92 Å². The predicted molar refractivity (Wildman–Crippen MR) is 124 cm³/mol. The van der Waals surface area contributed by atoms with Crippen molar-refractivity contribution in [1.82, 2.24) is 4.98 Å². The third-order valence-electron chi connectivity index (χ3n) is 4.13. The lowest BCUT2D eigenvalue weighted by molar-refractivity contribution is 0.0991. The molecule has 146 valence electrons. The van der Waals surface area contributed by atoms with Gasteiger partial charge in [0.2, 0.25) is 5.13 Å². The molecule has 0 aliphatic rings. The van der Waals surface area contributed by atoms with Gasteiger partial charge in [0.15, 0.2) is 0 Å². The third kappa shape index (κ3) is 4.39. The molecule has 8 heteroatoms. The summed E-state index contributed by atoms with van der Waals surface area (Å²) in [5.41, 5.74) is 2.85. The molecule has 29 heavy (non-hydrogen) atoms. The van der Waals surface area contributed by atoms with Gasteiger partial charge >= 0.3 is 0 Å². The van der Waals surface area contributed by atoms with Crippen LogP contribution in [-0.2, 0) is 0 Å². The van der Waals surface area contributed by atoms with Crippen molar-refractivity contribution in [2.24, 2.45) is 5.10 Å². The summed E-state index contributed by atoms with van der Waals surface area (Å²) in [4.78, 5) is 18.4. The Balaban J connectivity index is 1.72. The number of anilines is 1. The SMILES string of the molecule is COc1ccc(/C=N/N(C(=O)c2ccc(Br)s2)c2nc3ccc(C)cc3s2)cc1. The average molecular weight is 486 g/mol. The second-order valence-corrected chi connectivity index (χ2v) is 9.68. The van der Waals surface area contributed by atoms with Crippen molar-refractivity contribution in [2.45, 2.75) is 6.92 Å². The molecule has 1 amide bonds. The lowest BCUT2D eigenvalue weighted by atomic mass is 10.2.